The highest BCUT2D eigenvalue weighted by Gasteiger charge is 2.11. The van der Waals surface area contributed by atoms with Crippen LogP contribution in [-0.4, -0.2) is 6.79 Å². The summed E-state index contributed by atoms with van der Waals surface area (Å²) < 4.78 is 0. The minimum Gasteiger partial charge on any atom is -0.307 e. The fourth-order valence-corrected chi connectivity index (χ4v) is 0.938. The van der Waals surface area contributed by atoms with Crippen molar-refractivity contribution in [2.75, 3.05) is 0 Å². The van der Waals surface area contributed by atoms with Crippen LogP contribution in [0.4, 0.5) is 0 Å². The predicted molar refractivity (Wildman–Crippen MR) is 52.3 cm³/mol. The maximum absolute atomic E-state index is 8.00. The Labute approximate surface area is 74.4 Å². The van der Waals surface area contributed by atoms with Crippen molar-refractivity contribution in [1.82, 2.24) is 0 Å². The van der Waals surface area contributed by atoms with E-state index in [4.69, 9.17) is 4.79 Å². The summed E-state index contributed by atoms with van der Waals surface area (Å²) in [6.45, 7) is 8.67. The molecule has 1 aromatic carbocycles. The van der Waals surface area contributed by atoms with Gasteiger partial charge in [0.05, 0.1) is 0 Å². The lowest BCUT2D eigenvalue weighted by Gasteiger charge is -2.18. The molecule has 1 nitrogen and oxygen atoms in total. The Kier molecular flexibility index (Phi) is 4.27. The summed E-state index contributed by atoms with van der Waals surface area (Å²) in [6, 6.07) is 10.6. The topological polar surface area (TPSA) is 17.1 Å². The molecule has 0 unspecified atom stereocenters. The number of rotatable bonds is 0. The van der Waals surface area contributed by atoms with Crippen molar-refractivity contribution in [1.29, 1.82) is 0 Å². The van der Waals surface area contributed by atoms with Crippen molar-refractivity contribution in [3.63, 3.8) is 0 Å². The van der Waals surface area contributed by atoms with Gasteiger partial charge in [-0.3, -0.25) is 0 Å². The molecule has 12 heavy (non-hydrogen) atoms. The number of hydrogen-bond acceptors (Lipinski definition) is 1. The lowest BCUT2D eigenvalue weighted by molar-refractivity contribution is -0.0979. The van der Waals surface area contributed by atoms with Crippen molar-refractivity contribution >= 4 is 6.79 Å². The van der Waals surface area contributed by atoms with E-state index < -0.39 is 0 Å². The van der Waals surface area contributed by atoms with Gasteiger partial charge in [-0.15, -0.1) is 0 Å². The van der Waals surface area contributed by atoms with E-state index in [1.54, 1.807) is 0 Å². The largest absolute Gasteiger partial charge is 0.307 e. The average molecular weight is 164 g/mol. The normalized spacial score (nSPS) is 9.92. The highest BCUT2D eigenvalue weighted by Crippen LogP contribution is 2.20. The third-order valence-electron chi connectivity index (χ3n) is 1.64. The zero-order chi connectivity index (χ0) is 9.61. The van der Waals surface area contributed by atoms with Gasteiger partial charge in [0.15, 0.2) is 0 Å². The Morgan fingerprint density at radius 3 is 1.67 bits per heavy atom. The summed E-state index contributed by atoms with van der Waals surface area (Å²) in [7, 11) is 0. The maximum atomic E-state index is 8.00. The summed E-state index contributed by atoms with van der Waals surface area (Å²) in [5.41, 5.74) is 1.69. The SMILES string of the molecule is C=O.CC(C)(C)c1ccccc1. The van der Waals surface area contributed by atoms with Gasteiger partial charge in [0, 0.05) is 0 Å². The van der Waals surface area contributed by atoms with Crippen LogP contribution in [-0.2, 0) is 10.2 Å². The molecule has 0 aliphatic rings. The van der Waals surface area contributed by atoms with Crippen molar-refractivity contribution in [3.05, 3.63) is 35.9 Å². The molecule has 0 atom stereocenters. The van der Waals surface area contributed by atoms with Gasteiger partial charge in [0.25, 0.3) is 0 Å². The maximum Gasteiger partial charge on any atom is 0.106 e. The summed E-state index contributed by atoms with van der Waals surface area (Å²) in [5.74, 6) is 0. The minimum absolute atomic E-state index is 0.293. The number of benzene rings is 1. The zero-order valence-corrected chi connectivity index (χ0v) is 8.00. The fraction of sp³-hybridized carbons (Fsp3) is 0.364. The van der Waals surface area contributed by atoms with Crippen LogP contribution in [0.3, 0.4) is 0 Å². The molecule has 0 aromatic heterocycles. The summed E-state index contributed by atoms with van der Waals surface area (Å²) in [5, 5.41) is 0. The lowest BCUT2D eigenvalue weighted by atomic mass is 9.87. The monoisotopic (exact) mass is 164 g/mol. The molecule has 0 aliphatic heterocycles. The van der Waals surface area contributed by atoms with E-state index >= 15 is 0 Å². The Bertz CT molecular complexity index is 208. The molecule has 0 bridgehead atoms. The molecular weight excluding hydrogens is 148 g/mol. The summed E-state index contributed by atoms with van der Waals surface area (Å²) >= 11 is 0. The molecule has 0 saturated carbocycles. The Balaban J connectivity index is 0.000000561. The first-order chi connectivity index (χ1) is 5.61. The molecule has 1 rings (SSSR count). The van der Waals surface area contributed by atoms with Crippen LogP contribution in [0.1, 0.15) is 26.3 Å². The van der Waals surface area contributed by atoms with E-state index in [2.05, 4.69) is 51.1 Å². The Morgan fingerprint density at radius 1 is 1.00 bits per heavy atom. The summed E-state index contributed by atoms with van der Waals surface area (Å²) in [4.78, 5) is 8.00. The van der Waals surface area contributed by atoms with Crippen LogP contribution in [0, 0.1) is 0 Å². The average Bonchev–Trinajstić information content (AvgIpc) is 2.08. The molecule has 66 valence electrons. The molecular formula is C11H16O. The standard InChI is InChI=1S/C10H14.CH2O/c1-10(2,3)9-7-5-4-6-8-9;1-2/h4-8H,1-3H3;1H2. The Hall–Kier alpha value is -1.11. The van der Waals surface area contributed by atoms with E-state index in [1.807, 2.05) is 6.79 Å². The summed E-state index contributed by atoms with van der Waals surface area (Å²) in [6.07, 6.45) is 0. The van der Waals surface area contributed by atoms with Crippen LogP contribution >= 0.6 is 0 Å². The van der Waals surface area contributed by atoms with Crippen LogP contribution in [0.15, 0.2) is 30.3 Å². The quantitative estimate of drug-likeness (QED) is 0.576. The fourth-order valence-electron chi connectivity index (χ4n) is 0.938. The van der Waals surface area contributed by atoms with Gasteiger partial charge in [0.2, 0.25) is 0 Å². The second kappa shape index (κ2) is 4.70. The van der Waals surface area contributed by atoms with Crippen LogP contribution in [0.25, 0.3) is 0 Å². The van der Waals surface area contributed by atoms with Crippen molar-refractivity contribution in [3.8, 4) is 0 Å². The van der Waals surface area contributed by atoms with Gasteiger partial charge in [-0.25, -0.2) is 0 Å². The molecule has 0 N–H and O–H groups in total. The van der Waals surface area contributed by atoms with Crippen molar-refractivity contribution in [2.45, 2.75) is 26.2 Å². The van der Waals surface area contributed by atoms with Gasteiger partial charge in [-0.1, -0.05) is 51.1 Å². The van der Waals surface area contributed by atoms with Gasteiger partial charge < -0.3 is 4.79 Å². The van der Waals surface area contributed by atoms with E-state index in [9.17, 15) is 0 Å². The second-order valence-electron chi connectivity index (χ2n) is 3.62. The molecule has 1 heteroatoms. The third-order valence-corrected chi connectivity index (χ3v) is 1.64. The molecule has 0 heterocycles. The molecule has 0 fully saturated rings. The van der Waals surface area contributed by atoms with Crippen LogP contribution in [0.5, 0.6) is 0 Å². The number of hydrogen-bond donors (Lipinski definition) is 0. The lowest BCUT2D eigenvalue weighted by Crippen LogP contribution is -2.10. The highest BCUT2D eigenvalue weighted by atomic mass is 16.1. The number of carbonyl (C=O) groups is 1. The van der Waals surface area contributed by atoms with Crippen LogP contribution in [0.2, 0.25) is 0 Å². The van der Waals surface area contributed by atoms with Crippen molar-refractivity contribution in [2.24, 2.45) is 0 Å². The van der Waals surface area contributed by atoms with E-state index in [-0.39, 0.29) is 0 Å². The first-order valence-corrected chi connectivity index (χ1v) is 3.95. The van der Waals surface area contributed by atoms with E-state index in [1.165, 1.54) is 5.56 Å². The van der Waals surface area contributed by atoms with Gasteiger partial charge in [0.1, 0.15) is 6.79 Å². The van der Waals surface area contributed by atoms with Crippen LogP contribution < -0.4 is 0 Å². The molecule has 1 aromatic rings. The van der Waals surface area contributed by atoms with Gasteiger partial charge in [-0.05, 0) is 11.0 Å². The Morgan fingerprint density at radius 2 is 1.42 bits per heavy atom. The smallest absolute Gasteiger partial charge is 0.106 e. The number of carbonyl (C=O) groups excluding carboxylic acids is 1. The third kappa shape index (κ3) is 3.33. The first-order valence-electron chi connectivity index (χ1n) is 3.95. The predicted octanol–water partition coefficient (Wildman–Crippen LogP) is 2.80. The molecule has 0 amide bonds. The van der Waals surface area contributed by atoms with E-state index in [0.29, 0.717) is 5.41 Å². The molecule has 0 aliphatic carbocycles. The molecule has 0 radical (unpaired) electrons. The highest BCUT2D eigenvalue weighted by molar-refractivity contribution is 5.21. The first kappa shape index (κ1) is 10.9. The molecule has 0 saturated heterocycles. The van der Waals surface area contributed by atoms with Gasteiger partial charge in [-0.2, -0.15) is 0 Å². The zero-order valence-electron chi connectivity index (χ0n) is 8.00. The molecule has 0 spiro atoms. The van der Waals surface area contributed by atoms with Gasteiger partial charge >= 0.3 is 0 Å². The van der Waals surface area contributed by atoms with Crippen molar-refractivity contribution < 1.29 is 4.79 Å². The second-order valence-corrected chi connectivity index (χ2v) is 3.62. The minimum atomic E-state index is 0.293. The van der Waals surface area contributed by atoms with E-state index in [0.717, 1.165) is 0 Å².